The van der Waals surface area contributed by atoms with Crippen LogP contribution in [-0.2, 0) is 0 Å². The average molecular weight is 181 g/mol. The van der Waals surface area contributed by atoms with E-state index < -0.39 is 0 Å². The molecule has 0 fully saturated rings. The van der Waals surface area contributed by atoms with Gasteiger partial charge >= 0.3 is 0 Å². The second-order valence-corrected chi connectivity index (χ2v) is 2.08. The molecule has 0 heterocycles. The standard InChI is InChI=1S/C8H11NO2.N2/c1-10-6-4-3-5-7(11-2)8(6)9;1-2/h3-5H,9H2,1-2H3;. The minimum Gasteiger partial charge on any atom is -0.494 e. The molecule has 0 radical (unpaired) electrons. The van der Waals surface area contributed by atoms with E-state index in [2.05, 4.69) is 0 Å². The minimum absolute atomic E-state index is 0.539. The molecule has 0 aliphatic heterocycles. The molecule has 0 aliphatic carbocycles. The predicted molar refractivity (Wildman–Crippen MR) is 47.4 cm³/mol. The largest absolute Gasteiger partial charge is 0.494 e. The van der Waals surface area contributed by atoms with Crippen molar-refractivity contribution in [1.82, 2.24) is 0 Å². The Bertz CT molecular complexity index is 264. The third-order valence-electron chi connectivity index (χ3n) is 1.47. The van der Waals surface area contributed by atoms with E-state index in [-0.39, 0.29) is 0 Å². The highest BCUT2D eigenvalue weighted by Gasteiger charge is 2.03. The lowest BCUT2D eigenvalue weighted by Crippen LogP contribution is -1.95. The first kappa shape index (κ1) is 11.0. The zero-order chi connectivity index (χ0) is 10.3. The lowest BCUT2D eigenvalue weighted by atomic mass is 10.3. The summed E-state index contributed by atoms with van der Waals surface area (Å²) < 4.78 is 9.96. The van der Waals surface area contributed by atoms with Crippen LogP contribution in [0, 0.1) is 10.8 Å². The summed E-state index contributed by atoms with van der Waals surface area (Å²) in [6.07, 6.45) is 0. The summed E-state index contributed by atoms with van der Waals surface area (Å²) in [7, 11) is 3.15. The molecule has 0 bridgehead atoms. The molecule has 5 heteroatoms. The molecule has 0 aliphatic rings. The van der Waals surface area contributed by atoms with Gasteiger partial charge in [-0.1, -0.05) is 6.07 Å². The number of nitrogens with zero attached hydrogens (tertiary/aromatic N) is 2. The van der Waals surface area contributed by atoms with Crippen molar-refractivity contribution in [3.63, 3.8) is 0 Å². The van der Waals surface area contributed by atoms with Crippen molar-refractivity contribution < 1.29 is 9.47 Å². The lowest BCUT2D eigenvalue weighted by molar-refractivity contribution is 0.398. The molecule has 0 spiro atoms. The summed E-state index contributed by atoms with van der Waals surface area (Å²) in [6, 6.07) is 5.41. The maximum absolute atomic E-state index is 6.00. The minimum atomic E-state index is 0.539. The van der Waals surface area contributed by atoms with E-state index >= 15 is 0 Å². The van der Waals surface area contributed by atoms with Crippen molar-refractivity contribution in [2.45, 2.75) is 0 Å². The number of para-hydroxylation sites is 1. The van der Waals surface area contributed by atoms with Gasteiger partial charge in [-0.2, -0.15) is 0 Å². The number of benzene rings is 1. The van der Waals surface area contributed by atoms with Crippen molar-refractivity contribution in [2.24, 2.45) is 0 Å². The van der Waals surface area contributed by atoms with Gasteiger partial charge in [0.05, 0.1) is 14.2 Å². The number of methoxy groups -OCH3 is 2. The molecule has 1 aromatic carbocycles. The fourth-order valence-electron chi connectivity index (χ4n) is 0.880. The van der Waals surface area contributed by atoms with Gasteiger partial charge in [0, 0.05) is 10.8 Å². The van der Waals surface area contributed by atoms with Crippen LogP contribution in [0.25, 0.3) is 0 Å². The Morgan fingerprint density at radius 2 is 1.46 bits per heavy atom. The Labute approximate surface area is 76.5 Å². The summed E-state index contributed by atoms with van der Waals surface area (Å²) in [5, 5.41) is 12.0. The Hall–Kier alpha value is -1.96. The van der Waals surface area contributed by atoms with Gasteiger partial charge in [0.2, 0.25) is 0 Å². The van der Waals surface area contributed by atoms with Crippen molar-refractivity contribution in [1.29, 1.82) is 10.8 Å². The first-order valence-corrected chi connectivity index (χ1v) is 3.46. The van der Waals surface area contributed by atoms with Crippen LogP contribution in [0.3, 0.4) is 0 Å². The van der Waals surface area contributed by atoms with Crippen LogP contribution in [0.15, 0.2) is 18.2 Å². The molecule has 2 N–H and O–H groups in total. The van der Waals surface area contributed by atoms with Crippen LogP contribution < -0.4 is 15.2 Å². The quantitative estimate of drug-likeness (QED) is 0.548. The Balaban J connectivity index is 0.000000671. The van der Waals surface area contributed by atoms with E-state index in [1.807, 2.05) is 6.07 Å². The highest BCUT2D eigenvalue weighted by molar-refractivity contribution is 5.62. The molecule has 70 valence electrons. The molecule has 13 heavy (non-hydrogen) atoms. The summed E-state index contributed by atoms with van der Waals surface area (Å²) in [5.41, 5.74) is 6.19. The average Bonchev–Trinajstić information content (AvgIpc) is 2.21. The molecule has 0 unspecified atom stereocenters. The number of nitrogens with two attached hydrogens (primary N) is 1. The summed E-state index contributed by atoms with van der Waals surface area (Å²) in [6.45, 7) is 0. The first-order valence-electron chi connectivity index (χ1n) is 3.46. The first-order chi connectivity index (χ1) is 6.29. The van der Waals surface area contributed by atoms with Gasteiger partial charge < -0.3 is 15.2 Å². The second-order valence-electron chi connectivity index (χ2n) is 2.08. The van der Waals surface area contributed by atoms with Crippen LogP contribution >= 0.6 is 0 Å². The number of ether oxygens (including phenoxy) is 2. The van der Waals surface area contributed by atoms with Crippen LogP contribution in [0.2, 0.25) is 0 Å². The molecule has 0 aromatic heterocycles. The fourth-order valence-corrected chi connectivity index (χ4v) is 0.880. The fraction of sp³-hybridized carbons (Fsp3) is 0.250. The molecule has 1 rings (SSSR count). The number of hydrogen-bond donors (Lipinski definition) is 1. The maximum atomic E-state index is 6.00. The zero-order valence-corrected chi connectivity index (χ0v) is 7.52. The van der Waals surface area contributed by atoms with Gasteiger partial charge in [0.25, 0.3) is 0 Å². The maximum Gasteiger partial charge on any atom is 0.145 e. The van der Waals surface area contributed by atoms with Crippen molar-refractivity contribution in [3.05, 3.63) is 18.2 Å². The second kappa shape index (κ2) is 5.66. The van der Waals surface area contributed by atoms with E-state index in [0.29, 0.717) is 17.2 Å². The van der Waals surface area contributed by atoms with Crippen molar-refractivity contribution in [2.75, 3.05) is 20.0 Å². The third-order valence-corrected chi connectivity index (χ3v) is 1.47. The molecular weight excluding hydrogens is 170 g/mol. The van der Waals surface area contributed by atoms with Crippen LogP contribution in [0.4, 0.5) is 5.69 Å². The lowest BCUT2D eigenvalue weighted by Gasteiger charge is -2.07. The molecular formula is C8H11N3O2. The van der Waals surface area contributed by atoms with Gasteiger partial charge in [0.1, 0.15) is 17.2 Å². The number of anilines is 1. The summed E-state index contributed by atoms with van der Waals surface area (Å²) in [5.74, 6) is 1.29. The van der Waals surface area contributed by atoms with Gasteiger partial charge in [-0.15, -0.1) is 0 Å². The summed E-state index contributed by atoms with van der Waals surface area (Å²) in [4.78, 5) is 0. The molecule has 5 nitrogen and oxygen atoms in total. The topological polar surface area (TPSA) is 92.1 Å². The number of hydrogen-bond acceptors (Lipinski definition) is 5. The Morgan fingerprint density at radius 1 is 1.08 bits per heavy atom. The van der Waals surface area contributed by atoms with Crippen LogP contribution in [0.5, 0.6) is 11.5 Å². The SMILES string of the molecule is COc1cccc(OC)c1N.N#N. The molecule has 0 amide bonds. The number of rotatable bonds is 2. The van der Waals surface area contributed by atoms with Gasteiger partial charge in [0.15, 0.2) is 0 Å². The van der Waals surface area contributed by atoms with Gasteiger partial charge in [-0.05, 0) is 12.1 Å². The zero-order valence-electron chi connectivity index (χ0n) is 7.52. The van der Waals surface area contributed by atoms with E-state index in [0.717, 1.165) is 0 Å². The van der Waals surface area contributed by atoms with E-state index in [4.69, 9.17) is 26.0 Å². The van der Waals surface area contributed by atoms with Gasteiger partial charge in [-0.25, -0.2) is 0 Å². The van der Waals surface area contributed by atoms with Crippen LogP contribution in [0.1, 0.15) is 0 Å². The monoisotopic (exact) mass is 181 g/mol. The third kappa shape index (κ3) is 2.52. The smallest absolute Gasteiger partial charge is 0.145 e. The van der Waals surface area contributed by atoms with Crippen molar-refractivity contribution in [3.8, 4) is 11.5 Å². The Kier molecular flexibility index (Phi) is 4.81. The molecule has 0 atom stereocenters. The normalized spacial score (nSPS) is 8.00. The Morgan fingerprint density at radius 3 is 1.77 bits per heavy atom. The van der Waals surface area contributed by atoms with Crippen LogP contribution in [-0.4, -0.2) is 14.2 Å². The number of nitrogen functional groups attached to an aromatic ring is 1. The van der Waals surface area contributed by atoms with E-state index in [1.54, 1.807) is 26.4 Å². The van der Waals surface area contributed by atoms with Gasteiger partial charge in [-0.3, -0.25) is 0 Å². The highest BCUT2D eigenvalue weighted by atomic mass is 16.5. The highest BCUT2D eigenvalue weighted by Crippen LogP contribution is 2.30. The molecule has 0 saturated heterocycles. The van der Waals surface area contributed by atoms with E-state index in [1.165, 1.54) is 0 Å². The van der Waals surface area contributed by atoms with Crippen molar-refractivity contribution >= 4 is 5.69 Å². The molecule has 0 saturated carbocycles. The predicted octanol–water partition coefficient (Wildman–Crippen LogP) is 1.32. The summed E-state index contributed by atoms with van der Waals surface area (Å²) >= 11 is 0. The molecule has 1 aromatic rings. The van der Waals surface area contributed by atoms with E-state index in [9.17, 15) is 0 Å².